The van der Waals surface area contributed by atoms with Gasteiger partial charge in [0.05, 0.1) is 18.1 Å². The fraction of sp³-hybridized carbons (Fsp3) is 0.0149. The third-order valence-corrected chi connectivity index (χ3v) is 24.7. The molecule has 0 N–H and O–H groups in total. The molecule has 0 fully saturated rings. The monoisotopic (exact) mass is 1000 g/mol. The van der Waals surface area contributed by atoms with Gasteiger partial charge >= 0.3 is 272 Å². The van der Waals surface area contributed by atoms with Crippen molar-refractivity contribution in [3.63, 3.8) is 0 Å². The first-order valence-electron chi connectivity index (χ1n) is 24.7. The van der Waals surface area contributed by atoms with E-state index in [1.54, 1.807) is 7.11 Å². The number of aromatic nitrogens is 2. The number of ether oxygens (including phenoxy) is 1. The van der Waals surface area contributed by atoms with Gasteiger partial charge < -0.3 is 9.30 Å². The number of hydrogen-bond donors (Lipinski definition) is 0. The van der Waals surface area contributed by atoms with Gasteiger partial charge in [0.1, 0.15) is 11.6 Å². The Balaban J connectivity index is 0.984. The second kappa shape index (κ2) is 18.4. The van der Waals surface area contributed by atoms with Crippen molar-refractivity contribution in [3.05, 3.63) is 279 Å². The summed E-state index contributed by atoms with van der Waals surface area (Å²) in [5, 5.41) is 4.54. The zero-order valence-electron chi connectivity index (χ0n) is 40.1. The largest absolute Gasteiger partial charge is 0.0344 e. The van der Waals surface area contributed by atoms with Crippen LogP contribution in [-0.2, 0) is 0 Å². The Labute approximate surface area is 426 Å². The van der Waals surface area contributed by atoms with Gasteiger partial charge in [0.2, 0.25) is 0 Å². The second-order valence-electron chi connectivity index (χ2n) is 18.6. The van der Waals surface area contributed by atoms with Crippen molar-refractivity contribution in [2.24, 2.45) is 0 Å². The van der Waals surface area contributed by atoms with Crippen molar-refractivity contribution in [1.29, 1.82) is 0 Å². The summed E-state index contributed by atoms with van der Waals surface area (Å²) in [6.07, 6.45) is 0. The maximum absolute atomic E-state index is 14.2. The van der Waals surface area contributed by atoms with Crippen LogP contribution in [-0.4, -0.2) is 29.5 Å². The molecule has 0 aliphatic carbocycles. The molecule has 13 aromatic rings. The van der Waals surface area contributed by atoms with Crippen molar-refractivity contribution >= 4 is 91.5 Å². The summed E-state index contributed by atoms with van der Waals surface area (Å²) >= 11 is -3.44. The predicted octanol–water partition coefficient (Wildman–Crippen LogP) is 14.5. The van der Waals surface area contributed by atoms with E-state index in [9.17, 15) is 4.39 Å². The predicted molar refractivity (Wildman–Crippen MR) is 305 cm³/mol. The quantitative estimate of drug-likeness (QED) is 0.121. The number of para-hydroxylation sites is 2. The average Bonchev–Trinajstić information content (AvgIpc) is 3.97. The summed E-state index contributed by atoms with van der Waals surface area (Å²) in [5.41, 5.74) is 11.7. The first kappa shape index (κ1) is 44.1. The Kier molecular flexibility index (Phi) is 11.1. The summed E-state index contributed by atoms with van der Waals surface area (Å²) < 4.78 is 30.1. The molecule has 0 saturated carbocycles. The minimum absolute atomic E-state index is 0.258. The minimum atomic E-state index is -3.44. The second-order valence-corrected chi connectivity index (χ2v) is 26.6. The first-order chi connectivity index (χ1) is 36.1. The van der Waals surface area contributed by atoms with Crippen molar-refractivity contribution in [2.45, 2.75) is 0 Å². The molecule has 2 heterocycles. The average molecular weight is 1000 g/mol. The van der Waals surface area contributed by atoms with Crippen LogP contribution in [0, 0.1) is 5.82 Å². The van der Waals surface area contributed by atoms with Crippen LogP contribution in [0.1, 0.15) is 0 Å². The number of benzene rings is 11. The molecule has 0 bridgehead atoms. The van der Waals surface area contributed by atoms with Crippen molar-refractivity contribution in [1.82, 2.24) is 9.13 Å². The Morgan fingerprint density at radius 1 is 0.342 bits per heavy atom. The standard InChI is InChI=1S/C67H48FGeN3O/c1-73-59-39-35-55(36-40-59)70(57-37-42-66-62(45-57)60-24-14-15-25-64(60)72(66)56-33-29-49(68)30-34-56)58-38-43-67-63(46-58)61-44-48(28-41-65(61)71(67)54-22-12-5-13-23-54)47-26-31-53(32-27-47)69(50-16-6-2-7-17-50,51-18-8-3-9-19-51)52-20-10-4-11-21-52/h2-46H,1H3. The SMILES string of the molecule is COc1ccc(N(c2ccc3c(c2)c2ccccc2n3-c2ccc(F)cc2)c2ccc3c(c2)c2cc(-c4cc[c]([Ge]([c]5ccccc5)([c]5ccccc5)[c]5ccccc5)cc4)ccc2n3-c2ccccc2)cc1. The summed E-state index contributed by atoms with van der Waals surface area (Å²) in [4.78, 5) is 2.33. The van der Waals surface area contributed by atoms with E-state index in [1.165, 1.54) is 40.7 Å². The van der Waals surface area contributed by atoms with E-state index in [2.05, 4.69) is 251 Å². The molecule has 0 spiro atoms. The zero-order valence-corrected chi connectivity index (χ0v) is 42.2. The van der Waals surface area contributed by atoms with Gasteiger partial charge in [-0.25, -0.2) is 4.39 Å². The first-order valence-corrected chi connectivity index (χ1v) is 28.9. The summed E-state index contributed by atoms with van der Waals surface area (Å²) in [6.45, 7) is 0. The Morgan fingerprint density at radius 3 is 1.30 bits per heavy atom. The summed E-state index contributed by atoms with van der Waals surface area (Å²) in [6, 6.07) is 97.6. The molecule has 4 nitrogen and oxygen atoms in total. The topological polar surface area (TPSA) is 22.3 Å². The molecule has 13 rings (SSSR count). The zero-order chi connectivity index (χ0) is 48.9. The number of anilines is 3. The molecule has 0 atom stereocenters. The van der Waals surface area contributed by atoms with E-state index >= 15 is 0 Å². The van der Waals surface area contributed by atoms with Gasteiger partial charge in [-0.3, -0.25) is 0 Å². The molecule has 0 unspecified atom stereocenters. The normalized spacial score (nSPS) is 11.7. The molecule has 2 aromatic heterocycles. The number of methoxy groups -OCH3 is 1. The number of rotatable bonds is 11. The molecule has 0 radical (unpaired) electrons. The molecule has 0 aliphatic heterocycles. The third kappa shape index (κ3) is 7.51. The van der Waals surface area contributed by atoms with E-state index in [4.69, 9.17) is 4.74 Å². The van der Waals surface area contributed by atoms with Crippen LogP contribution in [0.3, 0.4) is 0 Å². The minimum Gasteiger partial charge on any atom is -0.0344 e. The Bertz CT molecular complexity index is 4000. The van der Waals surface area contributed by atoms with Gasteiger partial charge in [0.15, 0.2) is 0 Å². The molecule has 11 aromatic carbocycles. The fourth-order valence-corrected chi connectivity index (χ4v) is 21.3. The van der Waals surface area contributed by atoms with Gasteiger partial charge in [-0.05, 0) is 72.8 Å². The number of halogens is 1. The number of nitrogens with zero attached hydrogens (tertiary/aromatic N) is 3. The van der Waals surface area contributed by atoms with Gasteiger partial charge in [-0.2, -0.15) is 0 Å². The van der Waals surface area contributed by atoms with Crippen LogP contribution in [0.2, 0.25) is 0 Å². The number of fused-ring (bicyclic) bond motifs is 6. The van der Waals surface area contributed by atoms with Crippen LogP contribution < -0.4 is 27.2 Å². The number of hydrogen-bond acceptors (Lipinski definition) is 2. The van der Waals surface area contributed by atoms with E-state index in [0.717, 1.165) is 78.0 Å². The molecule has 348 valence electrons. The van der Waals surface area contributed by atoms with Crippen LogP contribution in [0.25, 0.3) is 66.1 Å². The van der Waals surface area contributed by atoms with Gasteiger partial charge in [-0.15, -0.1) is 0 Å². The summed E-state index contributed by atoms with van der Waals surface area (Å²) in [7, 11) is 1.70. The fourth-order valence-electron chi connectivity index (χ4n) is 11.3. The molecule has 0 amide bonds. The maximum atomic E-state index is 14.2. The van der Waals surface area contributed by atoms with E-state index in [0.29, 0.717) is 0 Å². The van der Waals surface area contributed by atoms with E-state index in [-0.39, 0.29) is 5.82 Å². The molecular weight excluding hydrogens is 954 g/mol. The van der Waals surface area contributed by atoms with E-state index < -0.39 is 13.3 Å². The Morgan fingerprint density at radius 2 is 0.753 bits per heavy atom. The van der Waals surface area contributed by atoms with Gasteiger partial charge in [0, 0.05) is 16.5 Å². The maximum Gasteiger partial charge on any atom is -0.0179 e. The van der Waals surface area contributed by atoms with Crippen LogP contribution in [0.5, 0.6) is 5.75 Å². The smallest absolute Gasteiger partial charge is 0.0179 e. The third-order valence-electron chi connectivity index (χ3n) is 14.6. The molecule has 73 heavy (non-hydrogen) atoms. The van der Waals surface area contributed by atoms with Crippen LogP contribution in [0.4, 0.5) is 21.5 Å². The molecule has 0 saturated heterocycles. The van der Waals surface area contributed by atoms with Crippen molar-refractivity contribution in [2.75, 3.05) is 12.0 Å². The van der Waals surface area contributed by atoms with Crippen molar-refractivity contribution < 1.29 is 9.13 Å². The Hall–Kier alpha value is -8.91. The van der Waals surface area contributed by atoms with Crippen LogP contribution in [0.15, 0.2) is 273 Å². The van der Waals surface area contributed by atoms with Gasteiger partial charge in [-0.1, -0.05) is 24.3 Å². The van der Waals surface area contributed by atoms with Crippen LogP contribution >= 0.6 is 0 Å². The molecule has 6 heteroatoms. The van der Waals surface area contributed by atoms with E-state index in [1.807, 2.05) is 24.3 Å². The molecular formula is C67H48FGeN3O. The van der Waals surface area contributed by atoms with Gasteiger partial charge in [0.25, 0.3) is 0 Å². The summed E-state index contributed by atoms with van der Waals surface area (Å²) in [5.74, 6) is 0.531. The van der Waals surface area contributed by atoms with Crippen molar-refractivity contribution in [3.8, 4) is 28.3 Å². The molecule has 0 aliphatic rings.